The second kappa shape index (κ2) is 7.32. The van der Waals surface area contributed by atoms with Crippen molar-refractivity contribution in [2.24, 2.45) is 5.92 Å². The molecule has 0 spiro atoms. The minimum atomic E-state index is -0.900. The molecule has 2 aliphatic heterocycles. The molecule has 3 N–H and O–H groups in total. The van der Waals surface area contributed by atoms with Gasteiger partial charge in [0.25, 0.3) is 0 Å². The molecule has 3 heterocycles. The van der Waals surface area contributed by atoms with Gasteiger partial charge in [-0.15, -0.1) is 0 Å². The molecule has 2 aliphatic carbocycles. The Labute approximate surface area is 188 Å². The molecule has 0 unspecified atom stereocenters. The van der Waals surface area contributed by atoms with E-state index in [0.717, 1.165) is 49.5 Å². The van der Waals surface area contributed by atoms with Crippen LogP contribution in [0, 0.1) is 5.92 Å². The van der Waals surface area contributed by atoms with Gasteiger partial charge in [-0.05, 0) is 74.2 Å². The number of aromatic amines is 1. The fourth-order valence-electron chi connectivity index (χ4n) is 6.77. The monoisotopic (exact) mass is 436 g/mol. The van der Waals surface area contributed by atoms with E-state index in [4.69, 9.17) is 0 Å². The summed E-state index contributed by atoms with van der Waals surface area (Å²) >= 11 is 0. The van der Waals surface area contributed by atoms with Gasteiger partial charge in [0.1, 0.15) is 5.75 Å². The molecule has 2 bridgehead atoms. The summed E-state index contributed by atoms with van der Waals surface area (Å²) in [5.41, 5.74) is 1.77. The Morgan fingerprint density at radius 3 is 2.78 bits per heavy atom. The first kappa shape index (κ1) is 20.2. The topological polar surface area (TPSA) is 92.7 Å². The highest BCUT2D eigenvalue weighted by Crippen LogP contribution is 2.56. The number of fused-ring (bicyclic) bond motifs is 1. The first-order chi connectivity index (χ1) is 15.5. The van der Waals surface area contributed by atoms with E-state index in [1.54, 1.807) is 18.6 Å². The van der Waals surface area contributed by atoms with Gasteiger partial charge in [0.15, 0.2) is 0 Å². The number of likely N-dealkylation sites (tertiary alicyclic amines) is 2. The molecule has 2 saturated heterocycles. The fraction of sp³-hybridized carbons (Fsp3) is 0.600. The van der Waals surface area contributed by atoms with Crippen LogP contribution in [0.3, 0.4) is 0 Å². The maximum absolute atomic E-state index is 13.1. The van der Waals surface area contributed by atoms with Crippen molar-refractivity contribution in [1.82, 2.24) is 19.8 Å². The summed E-state index contributed by atoms with van der Waals surface area (Å²) in [7, 11) is 0. The average Bonchev–Trinajstić information content (AvgIpc) is 3.48. The number of phenols is 1. The number of rotatable bonds is 4. The van der Waals surface area contributed by atoms with Crippen LogP contribution in [-0.4, -0.2) is 73.7 Å². The van der Waals surface area contributed by atoms with Crippen LogP contribution >= 0.6 is 0 Å². The van der Waals surface area contributed by atoms with Crippen LogP contribution in [0.5, 0.6) is 5.75 Å². The maximum Gasteiger partial charge on any atom is 0.228 e. The smallest absolute Gasteiger partial charge is 0.228 e. The standard InChI is InChI=1S/C25H32N4O3/c30-20-4-3-18-11-22-25(32)7-10-28(23(31)12-19-14-26-16-27-19)8-5-24(25,21(18)13-20)6-9-29(22)15-17-1-2-17/h3-4,13-14,16-17,22,30,32H,1-2,5-12,15H2,(H,26,27)/t22-,24+,25-/m1/s1. The Kier molecular flexibility index (Phi) is 4.63. The van der Waals surface area contributed by atoms with Gasteiger partial charge < -0.3 is 20.1 Å². The Balaban J connectivity index is 1.36. The average molecular weight is 437 g/mol. The number of nitrogens with zero attached hydrogens (tertiary/aromatic N) is 3. The molecule has 1 saturated carbocycles. The minimum Gasteiger partial charge on any atom is -0.508 e. The number of hydrogen-bond acceptors (Lipinski definition) is 5. The van der Waals surface area contributed by atoms with Crippen LogP contribution < -0.4 is 0 Å². The molecule has 1 aromatic carbocycles. The lowest BCUT2D eigenvalue weighted by Crippen LogP contribution is -2.71. The van der Waals surface area contributed by atoms with Crippen LogP contribution in [0.15, 0.2) is 30.7 Å². The second-order valence-electron chi connectivity index (χ2n) is 10.4. The molecule has 1 amide bonds. The second-order valence-corrected chi connectivity index (χ2v) is 10.4. The van der Waals surface area contributed by atoms with Gasteiger partial charge in [-0.1, -0.05) is 6.07 Å². The van der Waals surface area contributed by atoms with E-state index in [-0.39, 0.29) is 24.1 Å². The van der Waals surface area contributed by atoms with Crippen LogP contribution in [0.4, 0.5) is 0 Å². The van der Waals surface area contributed by atoms with E-state index in [9.17, 15) is 15.0 Å². The predicted molar refractivity (Wildman–Crippen MR) is 119 cm³/mol. The van der Waals surface area contributed by atoms with Crippen molar-refractivity contribution in [1.29, 1.82) is 0 Å². The van der Waals surface area contributed by atoms with Gasteiger partial charge in [0.2, 0.25) is 5.91 Å². The molecule has 1 aromatic heterocycles. The van der Waals surface area contributed by atoms with Crippen molar-refractivity contribution in [3.05, 3.63) is 47.5 Å². The van der Waals surface area contributed by atoms with E-state index >= 15 is 0 Å². The van der Waals surface area contributed by atoms with Crippen molar-refractivity contribution in [3.8, 4) is 5.75 Å². The number of carbonyl (C=O) groups excluding carboxylic acids is 1. The Hall–Kier alpha value is -2.38. The van der Waals surface area contributed by atoms with Crippen LogP contribution in [0.1, 0.15) is 48.9 Å². The van der Waals surface area contributed by atoms with E-state index in [1.807, 2.05) is 17.0 Å². The lowest BCUT2D eigenvalue weighted by atomic mass is 9.52. The summed E-state index contributed by atoms with van der Waals surface area (Å²) in [6.45, 7) is 3.22. The van der Waals surface area contributed by atoms with Gasteiger partial charge >= 0.3 is 0 Å². The van der Waals surface area contributed by atoms with Gasteiger partial charge in [0.05, 0.1) is 24.0 Å². The quantitative estimate of drug-likeness (QED) is 0.682. The third kappa shape index (κ3) is 3.09. The SMILES string of the molecule is O=C(Cc1c[nH]cn1)N1CC[C@]23CCN(CC4CC4)[C@H](Cc4ccc(O)cc42)[C@]3(O)CC1. The highest BCUT2D eigenvalue weighted by Gasteiger charge is 2.63. The summed E-state index contributed by atoms with van der Waals surface area (Å²) in [4.78, 5) is 24.7. The number of aromatic hydroxyl groups is 1. The summed E-state index contributed by atoms with van der Waals surface area (Å²) in [6, 6.07) is 5.77. The number of amides is 1. The number of aromatic nitrogens is 2. The Morgan fingerprint density at radius 1 is 1.19 bits per heavy atom. The zero-order chi connectivity index (χ0) is 21.9. The number of nitrogens with one attached hydrogen (secondary N) is 1. The summed E-state index contributed by atoms with van der Waals surface area (Å²) in [5.74, 6) is 1.09. The van der Waals surface area contributed by atoms with Gasteiger partial charge in [-0.25, -0.2) is 4.98 Å². The zero-order valence-electron chi connectivity index (χ0n) is 18.5. The number of aliphatic hydroxyl groups is 1. The molecule has 7 nitrogen and oxygen atoms in total. The van der Waals surface area contributed by atoms with E-state index < -0.39 is 11.0 Å². The third-order valence-electron chi connectivity index (χ3n) is 8.67. The molecule has 4 aliphatic rings. The number of imidazole rings is 1. The number of H-pyrrole nitrogens is 1. The number of piperidine rings is 1. The van der Waals surface area contributed by atoms with Crippen LogP contribution in [0.2, 0.25) is 0 Å². The maximum atomic E-state index is 13.1. The van der Waals surface area contributed by atoms with Crippen LogP contribution in [-0.2, 0) is 23.1 Å². The Morgan fingerprint density at radius 2 is 2.00 bits per heavy atom. The predicted octanol–water partition coefficient (Wildman–Crippen LogP) is 1.99. The summed E-state index contributed by atoms with van der Waals surface area (Å²) in [5, 5.41) is 22.8. The van der Waals surface area contributed by atoms with Crippen molar-refractivity contribution in [2.75, 3.05) is 26.2 Å². The Bertz CT molecular complexity index is 1020. The molecule has 170 valence electrons. The van der Waals surface area contributed by atoms with Crippen molar-refractivity contribution >= 4 is 5.91 Å². The van der Waals surface area contributed by atoms with E-state index in [2.05, 4.69) is 14.9 Å². The van der Waals surface area contributed by atoms with E-state index in [1.165, 1.54) is 18.4 Å². The number of carbonyl (C=O) groups is 1. The molecule has 6 rings (SSSR count). The van der Waals surface area contributed by atoms with E-state index in [0.29, 0.717) is 19.5 Å². The molecular weight excluding hydrogens is 404 g/mol. The normalized spacial score (nSPS) is 32.2. The zero-order valence-corrected chi connectivity index (χ0v) is 18.5. The summed E-state index contributed by atoms with van der Waals surface area (Å²) in [6.07, 6.45) is 9.21. The molecule has 7 heteroatoms. The highest BCUT2D eigenvalue weighted by atomic mass is 16.3. The van der Waals surface area contributed by atoms with Gasteiger partial charge in [-0.3, -0.25) is 9.69 Å². The van der Waals surface area contributed by atoms with Crippen LogP contribution in [0.25, 0.3) is 0 Å². The molecule has 2 aromatic rings. The minimum absolute atomic E-state index is 0.0651. The lowest BCUT2D eigenvalue weighted by Gasteiger charge is -2.61. The molecular formula is C25H32N4O3. The number of benzene rings is 1. The lowest BCUT2D eigenvalue weighted by molar-refractivity contribution is -0.149. The first-order valence-corrected chi connectivity index (χ1v) is 12.0. The highest BCUT2D eigenvalue weighted by molar-refractivity contribution is 5.78. The molecule has 0 radical (unpaired) electrons. The van der Waals surface area contributed by atoms with Gasteiger partial charge in [-0.2, -0.15) is 0 Å². The molecule has 3 fully saturated rings. The molecule has 32 heavy (non-hydrogen) atoms. The molecule has 3 atom stereocenters. The van der Waals surface area contributed by atoms with Crippen molar-refractivity contribution in [2.45, 2.75) is 62.0 Å². The largest absolute Gasteiger partial charge is 0.508 e. The van der Waals surface area contributed by atoms with Crippen molar-refractivity contribution < 1.29 is 15.0 Å². The third-order valence-corrected chi connectivity index (χ3v) is 8.67. The number of phenolic OH excluding ortho intramolecular Hbond substituents is 1. The van der Waals surface area contributed by atoms with Crippen molar-refractivity contribution in [3.63, 3.8) is 0 Å². The number of hydrogen-bond donors (Lipinski definition) is 3. The first-order valence-electron chi connectivity index (χ1n) is 12.0. The van der Waals surface area contributed by atoms with Gasteiger partial charge in [0, 0.05) is 37.3 Å². The fourth-order valence-corrected chi connectivity index (χ4v) is 6.77. The summed E-state index contributed by atoms with van der Waals surface area (Å²) < 4.78 is 0.